The number of carboxylic acids is 2. The van der Waals surface area contributed by atoms with Crippen LogP contribution in [0.1, 0.15) is 84.1 Å². The maximum absolute atomic E-state index is 15.2. The molecule has 35 N–H and O–H groups in total. The Bertz CT molecular complexity index is 4110. The summed E-state index contributed by atoms with van der Waals surface area (Å²) in [6.45, 7) is -1.98. The van der Waals surface area contributed by atoms with Gasteiger partial charge >= 0.3 is 11.9 Å². The van der Waals surface area contributed by atoms with E-state index in [1.165, 1.54) is 45.0 Å². The molecule has 0 radical (unpaired) electrons. The van der Waals surface area contributed by atoms with Crippen molar-refractivity contribution < 1.29 is 116 Å². The van der Waals surface area contributed by atoms with E-state index in [-0.39, 0.29) is 88.9 Å². The van der Waals surface area contributed by atoms with Gasteiger partial charge in [0.1, 0.15) is 96.9 Å². The second-order valence-electron chi connectivity index (χ2n) is 28.4. The van der Waals surface area contributed by atoms with Crippen molar-refractivity contribution in [2.45, 2.75) is 170 Å². The molecule has 1 aromatic carbocycles. The molecule has 0 saturated carbocycles. The first-order valence-corrected chi connectivity index (χ1v) is 44.1. The number of aliphatic carboxylic acids is 2. The molecular weight excluding hydrogens is 1750 g/mol. The van der Waals surface area contributed by atoms with E-state index >= 15 is 14.4 Å². The van der Waals surface area contributed by atoms with Crippen LogP contribution in [0.4, 0.5) is 0 Å². The lowest BCUT2D eigenvalue weighted by atomic mass is 10.0. The van der Waals surface area contributed by atoms with E-state index in [0.717, 1.165) is 48.1 Å². The average Bonchev–Trinajstić information content (AvgIpc) is 1.62. The largest absolute Gasteiger partial charge is 0.508 e. The fourth-order valence-electron chi connectivity index (χ4n) is 11.7. The number of amides is 18. The maximum atomic E-state index is 15.2. The van der Waals surface area contributed by atoms with Crippen molar-refractivity contribution >= 4 is 179 Å². The van der Waals surface area contributed by atoms with Gasteiger partial charge in [0, 0.05) is 55.6 Å². The van der Waals surface area contributed by atoms with Crippen molar-refractivity contribution in [2.24, 2.45) is 22.9 Å². The van der Waals surface area contributed by atoms with Gasteiger partial charge in [-0.3, -0.25) is 112 Å². The van der Waals surface area contributed by atoms with Gasteiger partial charge in [-0.2, -0.15) is 0 Å². The molecule has 0 aromatic heterocycles. The summed E-state index contributed by atoms with van der Waals surface area (Å²) in [4.78, 5) is 276. The first-order valence-electron chi connectivity index (χ1n) is 39.2. The van der Waals surface area contributed by atoms with E-state index < -0.39 is 296 Å². The fourth-order valence-corrected chi connectivity index (χ4v) is 16.4. The molecule has 0 spiro atoms. The standard InChI is InChI=1S/C70H110N28O24S4/c1-32(54(109)84-26-53(107)108)85-51(104)25-82-55(110)33(2)87-56(111)34(3)86-50(103)24-81-49(102)23-83-57(112)43-28-123-124-29-44(88-48(101)22-71)63(118)97-46-31-126-125-30-45(96-60(115)39(10-6-18-80-70(76)77)91-66(121)47-11-7-19-98(47)67(122)41(21-52(105)106)93-62(117)42(27-99)94-65(46)120)64(119)90-37(8-4-16-78-68(72)73)58(113)92-40(20-35-12-14-36(100)15-13-35)61(116)89-38(59(114)95-43)9-5-17-79-69(74)75/h12-15,32-34,37-47,99-100H,4-11,16-31,71H2,1-3H3,(H,81,102)(H,82,110)(H,83,112)(H,84,109)(H,85,104)(H,86,103)(H,87,111)(H,88,101)(H,89,116)(H,90,119)(H,91,121)(H,92,113)(H,93,117)(H,94,120)(H,95,114)(H,96,115)(H,97,118)(H,105,106)(H,107,108)(H4,72,73,78)(H4,74,75,79)(H4,76,77,80)/t32-,33-,34-,37-,38-,39-,40-,41-,42-,43-,44-,45-,46-,47-/m0/s1. The summed E-state index contributed by atoms with van der Waals surface area (Å²) in [6, 6.07) is -18.1. The number of nitrogens with two attached hydrogens (primary N) is 4. The van der Waals surface area contributed by atoms with Crippen LogP contribution >= 0.6 is 43.2 Å². The smallest absolute Gasteiger partial charge is 0.322 e. The van der Waals surface area contributed by atoms with E-state index in [1.54, 1.807) is 0 Å². The van der Waals surface area contributed by atoms with Gasteiger partial charge in [0.25, 0.3) is 0 Å². The minimum absolute atomic E-state index is 0.0218. The number of nitrogens with one attached hydrogen (secondary N) is 23. The van der Waals surface area contributed by atoms with Crippen LogP contribution in [-0.4, -0.2) is 335 Å². The number of carboxylic acid groups (broad SMARTS) is 2. The number of benzene rings is 1. The number of hydrogen-bond acceptors (Lipinski definition) is 30. The van der Waals surface area contributed by atoms with Gasteiger partial charge in [-0.05, 0) is 89.8 Å². The van der Waals surface area contributed by atoms with Crippen LogP contribution in [-0.2, 0) is 102 Å². The monoisotopic (exact) mass is 1850 g/mol. The third-order valence-electron chi connectivity index (χ3n) is 18.4. The van der Waals surface area contributed by atoms with Gasteiger partial charge in [-0.15, -0.1) is 0 Å². The zero-order valence-electron chi connectivity index (χ0n) is 68.7. The van der Waals surface area contributed by atoms with Crippen LogP contribution in [0.3, 0.4) is 0 Å². The molecule has 56 heteroatoms. The Labute approximate surface area is 736 Å². The number of carbonyl (C=O) groups excluding carboxylic acids is 18. The zero-order valence-corrected chi connectivity index (χ0v) is 72.0. The van der Waals surface area contributed by atoms with Crippen molar-refractivity contribution in [2.75, 3.05) is 88.5 Å². The van der Waals surface area contributed by atoms with Crippen molar-refractivity contribution in [3.63, 3.8) is 0 Å². The molecule has 1 aromatic rings. The molecule has 52 nitrogen and oxygen atoms in total. The third kappa shape index (κ3) is 39.2. The van der Waals surface area contributed by atoms with Crippen molar-refractivity contribution in [1.82, 2.24) is 111 Å². The van der Waals surface area contributed by atoms with Crippen molar-refractivity contribution in [3.05, 3.63) is 29.8 Å². The lowest BCUT2D eigenvalue weighted by molar-refractivity contribution is -0.146. The second kappa shape index (κ2) is 55.0. The Morgan fingerprint density at radius 1 is 0.468 bits per heavy atom. The molecule has 0 aliphatic carbocycles. The number of aromatic hydroxyl groups is 1. The van der Waals surface area contributed by atoms with Crippen LogP contribution in [0.2, 0.25) is 0 Å². The van der Waals surface area contributed by atoms with Gasteiger partial charge in [-0.1, -0.05) is 55.3 Å². The summed E-state index contributed by atoms with van der Waals surface area (Å²) >= 11 is 0. The van der Waals surface area contributed by atoms with Gasteiger partial charge in [-0.25, -0.2) is 0 Å². The predicted octanol–water partition coefficient (Wildman–Crippen LogP) is -13.2. The molecule has 3 saturated heterocycles. The molecule has 18 amide bonds. The zero-order chi connectivity index (χ0) is 93.9. The Hall–Kier alpha value is -12.5. The van der Waals surface area contributed by atoms with Gasteiger partial charge in [0.05, 0.1) is 39.2 Å². The fraction of sp³-hybridized carbons (Fsp3) is 0.586. The van der Waals surface area contributed by atoms with E-state index in [9.17, 15) is 96.8 Å². The minimum Gasteiger partial charge on any atom is -0.508 e. The van der Waals surface area contributed by atoms with Crippen molar-refractivity contribution in [1.29, 1.82) is 16.2 Å². The first kappa shape index (κ1) is 106. The SMILES string of the molecule is C[C@H](NC(=O)CNC(=O)[C@H](C)NC(=O)[C@H](C)NC(=O)CNC(=O)CNC(=O)[C@@H]1CSSC[C@H](NC(=O)CN)C(=O)N[C@H]2CSSC[C@H](NC(=O)[C@H](CCCNC(=N)N)NC(=O)[C@@H]3CCCN3C(=O)[C@H](CC(=O)O)NC(=O)[C@H](CO)NC2=O)C(=O)N[C@@H](CCCNC(=N)N)C(=O)N[C@@H](Cc2ccc(O)cc2)C(=O)N[C@@H](CCCNC(=N)N)C(=O)N1)C(=O)NCC(=O)O. The Balaban J connectivity index is 1.85. The predicted molar refractivity (Wildman–Crippen MR) is 454 cm³/mol. The normalized spacial score (nSPS) is 22.4. The molecule has 698 valence electrons. The first-order chi connectivity index (χ1) is 59.6. The minimum atomic E-state index is -2.04. The van der Waals surface area contributed by atoms with Crippen molar-refractivity contribution in [3.8, 4) is 5.75 Å². The summed E-state index contributed by atoms with van der Waals surface area (Å²) in [6.07, 6.45) is -2.69. The number of phenolic OH excluding ortho intramolecular Hbond substituents is 1. The molecule has 0 unspecified atom stereocenters. The molecule has 14 atom stereocenters. The number of hydrogen-bond donors (Lipinski definition) is 31. The van der Waals surface area contributed by atoms with Crippen LogP contribution in [0, 0.1) is 16.2 Å². The van der Waals surface area contributed by atoms with E-state index in [1.807, 2.05) is 0 Å². The molecule has 2 bridgehead atoms. The van der Waals surface area contributed by atoms with Crippen LogP contribution < -0.4 is 129 Å². The van der Waals surface area contributed by atoms with E-state index in [4.69, 9.17) is 44.3 Å². The Morgan fingerprint density at radius 2 is 0.897 bits per heavy atom. The maximum Gasteiger partial charge on any atom is 0.322 e. The summed E-state index contributed by atoms with van der Waals surface area (Å²) in [5, 5.41) is 111. The molecule has 3 aliphatic rings. The summed E-state index contributed by atoms with van der Waals surface area (Å²) in [5.74, 6) is -25.9. The summed E-state index contributed by atoms with van der Waals surface area (Å²) in [7, 11) is 2.96. The number of fused-ring (bicyclic) bond motifs is 6. The van der Waals surface area contributed by atoms with Gasteiger partial charge < -0.3 is 155 Å². The highest BCUT2D eigenvalue weighted by Crippen LogP contribution is 2.27. The van der Waals surface area contributed by atoms with Crippen LogP contribution in [0.15, 0.2) is 24.3 Å². The number of carbonyl (C=O) groups is 20. The quantitative estimate of drug-likeness (QED) is 0.0132. The summed E-state index contributed by atoms with van der Waals surface area (Å²) in [5.41, 5.74) is 22.7. The third-order valence-corrected chi connectivity index (χ3v) is 23.2. The molecule has 3 aliphatic heterocycles. The highest BCUT2D eigenvalue weighted by molar-refractivity contribution is 8.77. The lowest BCUT2D eigenvalue weighted by Crippen LogP contribution is -2.61. The molecule has 3 fully saturated rings. The number of guanidine groups is 3. The lowest BCUT2D eigenvalue weighted by Gasteiger charge is -2.31. The van der Waals surface area contributed by atoms with Gasteiger partial charge in [0.15, 0.2) is 17.9 Å². The van der Waals surface area contributed by atoms with Crippen LogP contribution in [0.5, 0.6) is 5.75 Å². The number of nitrogens with zero attached hydrogens (tertiary/aromatic N) is 1. The average molecular weight is 1860 g/mol. The number of aliphatic hydroxyl groups excluding tert-OH is 1. The second-order valence-corrected chi connectivity index (χ2v) is 33.5. The Kier molecular flexibility index (Phi) is 46.2. The highest BCUT2D eigenvalue weighted by Gasteiger charge is 2.43. The molecule has 126 heavy (non-hydrogen) atoms. The molecule has 3 heterocycles. The number of rotatable bonds is 34. The Morgan fingerprint density at radius 3 is 1.42 bits per heavy atom. The van der Waals surface area contributed by atoms with E-state index in [2.05, 4.69) is 106 Å². The van der Waals surface area contributed by atoms with E-state index in [0.29, 0.717) is 0 Å². The molecular formula is C70H110N28O24S4. The number of aliphatic hydroxyl groups is 1. The summed E-state index contributed by atoms with van der Waals surface area (Å²) < 4.78 is 0. The topological polar surface area (TPSA) is 842 Å². The highest BCUT2D eigenvalue weighted by atomic mass is 33.1. The number of phenols is 1. The van der Waals surface area contributed by atoms with Crippen LogP contribution in [0.25, 0.3) is 0 Å². The van der Waals surface area contributed by atoms with Gasteiger partial charge in [0.2, 0.25) is 106 Å². The molecule has 4 rings (SSSR count).